The van der Waals surface area contributed by atoms with Gasteiger partial charge in [-0.25, -0.2) is 9.78 Å². The maximum absolute atomic E-state index is 13.3. The average molecular weight is 399 g/mol. The average Bonchev–Trinajstić information content (AvgIpc) is 3.33. The number of carbonyl (C=O) groups is 2. The molecule has 1 saturated heterocycles. The van der Waals surface area contributed by atoms with Crippen molar-refractivity contribution in [3.63, 3.8) is 0 Å². The summed E-state index contributed by atoms with van der Waals surface area (Å²) >= 11 is 2.95. The van der Waals surface area contributed by atoms with E-state index in [4.69, 9.17) is 0 Å². The predicted octanol–water partition coefficient (Wildman–Crippen LogP) is 4.21. The van der Waals surface area contributed by atoms with Crippen molar-refractivity contribution in [3.8, 4) is 0 Å². The summed E-state index contributed by atoms with van der Waals surface area (Å²) < 4.78 is 1.88. The molecule has 4 rings (SSSR count). The first-order chi connectivity index (χ1) is 13.1. The van der Waals surface area contributed by atoms with Crippen molar-refractivity contribution in [1.82, 2.24) is 9.88 Å². The summed E-state index contributed by atoms with van der Waals surface area (Å²) in [5.74, 6) is -1.09. The number of likely N-dealkylation sites (tertiary alicyclic amines) is 1. The first-order valence-corrected chi connectivity index (χ1v) is 10.4. The number of aliphatic carboxylic acids is 1. The summed E-state index contributed by atoms with van der Waals surface area (Å²) in [6.45, 7) is 0.486. The van der Waals surface area contributed by atoms with Crippen LogP contribution >= 0.6 is 23.1 Å². The summed E-state index contributed by atoms with van der Waals surface area (Å²) in [4.78, 5) is 31.0. The van der Waals surface area contributed by atoms with Gasteiger partial charge < -0.3 is 10.0 Å². The van der Waals surface area contributed by atoms with Gasteiger partial charge in [-0.05, 0) is 30.5 Å². The summed E-state index contributed by atoms with van der Waals surface area (Å²) in [5.41, 5.74) is 1.77. The Morgan fingerprint density at radius 2 is 1.89 bits per heavy atom. The monoisotopic (exact) mass is 398 g/mol. The van der Waals surface area contributed by atoms with Gasteiger partial charge in [0.1, 0.15) is 11.3 Å². The fourth-order valence-electron chi connectivity index (χ4n) is 3.33. The molecule has 0 bridgehead atoms. The van der Waals surface area contributed by atoms with Gasteiger partial charge in [-0.3, -0.25) is 4.79 Å². The fraction of sp³-hybridized carbons (Fsp3) is 0.250. The standard InChI is InChI=1S/C20H18N2O3S2/c23-18(22-12-6-10-15(22)19(24)25)17(13-7-2-1-3-8-13)27-20-21-14-9-4-5-11-16(14)26-20/h1-5,7-9,11,15,17H,6,10,12H2,(H,24,25)/t15-,17?/m0/s1. The molecule has 1 amide bonds. The van der Waals surface area contributed by atoms with Gasteiger partial charge in [-0.1, -0.05) is 54.2 Å². The van der Waals surface area contributed by atoms with Crippen molar-refractivity contribution >= 4 is 45.2 Å². The van der Waals surface area contributed by atoms with E-state index in [1.54, 1.807) is 11.3 Å². The molecule has 2 heterocycles. The van der Waals surface area contributed by atoms with E-state index in [-0.39, 0.29) is 5.91 Å². The van der Waals surface area contributed by atoms with Crippen LogP contribution in [0.5, 0.6) is 0 Å². The Morgan fingerprint density at radius 3 is 2.63 bits per heavy atom. The minimum absolute atomic E-state index is 0.157. The Labute approximate surface area is 165 Å². The number of benzene rings is 2. The summed E-state index contributed by atoms with van der Waals surface area (Å²) in [7, 11) is 0. The number of hydrogen-bond acceptors (Lipinski definition) is 5. The maximum Gasteiger partial charge on any atom is 0.326 e. The molecule has 1 N–H and O–H groups in total. The third-order valence-corrected chi connectivity index (χ3v) is 7.01. The lowest BCUT2D eigenvalue weighted by molar-refractivity contribution is -0.148. The van der Waals surface area contributed by atoms with E-state index in [0.29, 0.717) is 13.0 Å². The molecule has 0 aliphatic carbocycles. The van der Waals surface area contributed by atoms with Gasteiger partial charge in [0.05, 0.1) is 10.2 Å². The summed E-state index contributed by atoms with van der Waals surface area (Å²) in [6, 6.07) is 16.7. The molecule has 2 aromatic carbocycles. The third kappa shape index (κ3) is 3.70. The quantitative estimate of drug-likeness (QED) is 0.652. The van der Waals surface area contributed by atoms with E-state index >= 15 is 0 Å². The lowest BCUT2D eigenvalue weighted by Crippen LogP contribution is -2.42. The molecule has 7 heteroatoms. The number of carboxylic acids is 1. The number of carboxylic acid groups (broad SMARTS) is 1. The number of carbonyl (C=O) groups excluding carboxylic acids is 1. The molecule has 138 valence electrons. The van der Waals surface area contributed by atoms with Crippen molar-refractivity contribution in [1.29, 1.82) is 0 Å². The predicted molar refractivity (Wildman–Crippen MR) is 107 cm³/mol. The summed E-state index contributed by atoms with van der Waals surface area (Å²) in [5, 5.41) is 8.95. The van der Waals surface area contributed by atoms with Crippen LogP contribution in [0.2, 0.25) is 0 Å². The minimum atomic E-state index is -0.933. The molecule has 1 unspecified atom stereocenters. The van der Waals surface area contributed by atoms with Crippen molar-refractivity contribution in [3.05, 3.63) is 60.2 Å². The first kappa shape index (κ1) is 18.0. The molecule has 0 spiro atoms. The van der Waals surface area contributed by atoms with E-state index in [1.165, 1.54) is 16.7 Å². The fourth-order valence-corrected chi connectivity index (χ4v) is 5.66. The normalized spacial score (nSPS) is 17.9. The molecule has 1 aromatic heterocycles. The Kier molecular flexibility index (Phi) is 5.13. The van der Waals surface area contributed by atoms with Gasteiger partial charge in [0.15, 0.2) is 4.34 Å². The molecule has 0 radical (unpaired) electrons. The smallest absolute Gasteiger partial charge is 0.326 e. The van der Waals surface area contributed by atoms with Gasteiger partial charge >= 0.3 is 5.97 Å². The lowest BCUT2D eigenvalue weighted by Gasteiger charge is -2.26. The van der Waals surface area contributed by atoms with Gasteiger partial charge in [0.25, 0.3) is 0 Å². The first-order valence-electron chi connectivity index (χ1n) is 8.74. The summed E-state index contributed by atoms with van der Waals surface area (Å²) in [6.07, 6.45) is 1.23. The maximum atomic E-state index is 13.3. The number of aromatic nitrogens is 1. The number of para-hydroxylation sites is 1. The zero-order valence-electron chi connectivity index (χ0n) is 14.4. The molecule has 27 heavy (non-hydrogen) atoms. The SMILES string of the molecule is O=C(O)[C@@H]1CCCN1C(=O)C(Sc1nc2ccccc2s1)c1ccccc1. The number of hydrogen-bond donors (Lipinski definition) is 1. The van der Waals surface area contributed by atoms with E-state index < -0.39 is 17.3 Å². The molecule has 0 saturated carbocycles. The lowest BCUT2D eigenvalue weighted by atomic mass is 10.1. The number of rotatable bonds is 5. The van der Waals surface area contributed by atoms with Gasteiger partial charge in [0, 0.05) is 6.54 Å². The Balaban J connectivity index is 1.67. The van der Waals surface area contributed by atoms with Crippen LogP contribution in [-0.4, -0.2) is 39.5 Å². The van der Waals surface area contributed by atoms with Crippen LogP contribution in [0.25, 0.3) is 10.2 Å². The third-order valence-electron chi connectivity index (χ3n) is 4.64. The van der Waals surface area contributed by atoms with Crippen LogP contribution in [0, 0.1) is 0 Å². The second-order valence-electron chi connectivity index (χ2n) is 6.38. The number of thiazole rings is 1. The Bertz CT molecular complexity index is 941. The topological polar surface area (TPSA) is 70.5 Å². The highest BCUT2D eigenvalue weighted by molar-refractivity contribution is 8.02. The van der Waals surface area contributed by atoms with Crippen LogP contribution in [-0.2, 0) is 9.59 Å². The Hall–Kier alpha value is -2.38. The van der Waals surface area contributed by atoms with Crippen LogP contribution in [0.3, 0.4) is 0 Å². The van der Waals surface area contributed by atoms with Gasteiger partial charge in [-0.15, -0.1) is 11.3 Å². The van der Waals surface area contributed by atoms with Crippen molar-refractivity contribution in [2.75, 3.05) is 6.54 Å². The van der Waals surface area contributed by atoms with Crippen molar-refractivity contribution < 1.29 is 14.7 Å². The van der Waals surface area contributed by atoms with E-state index in [0.717, 1.165) is 26.5 Å². The molecular weight excluding hydrogens is 380 g/mol. The highest BCUT2D eigenvalue weighted by Crippen LogP contribution is 2.41. The molecule has 2 atom stereocenters. The highest BCUT2D eigenvalue weighted by Gasteiger charge is 2.38. The molecule has 5 nitrogen and oxygen atoms in total. The molecular formula is C20H18N2O3S2. The van der Waals surface area contributed by atoms with Crippen molar-refractivity contribution in [2.24, 2.45) is 0 Å². The second kappa shape index (κ2) is 7.70. The largest absolute Gasteiger partial charge is 0.480 e. The molecule has 3 aromatic rings. The van der Waals surface area contributed by atoms with Crippen LogP contribution in [0.4, 0.5) is 0 Å². The highest BCUT2D eigenvalue weighted by atomic mass is 32.2. The molecule has 1 aliphatic heterocycles. The molecule has 1 fully saturated rings. The van der Waals surface area contributed by atoms with Gasteiger partial charge in [-0.2, -0.15) is 0 Å². The van der Waals surface area contributed by atoms with Crippen LogP contribution < -0.4 is 0 Å². The number of amides is 1. The zero-order chi connectivity index (χ0) is 18.8. The van der Waals surface area contributed by atoms with Crippen LogP contribution in [0.15, 0.2) is 58.9 Å². The minimum Gasteiger partial charge on any atom is -0.480 e. The number of thioether (sulfide) groups is 1. The van der Waals surface area contributed by atoms with E-state index in [2.05, 4.69) is 4.98 Å². The number of fused-ring (bicyclic) bond motifs is 1. The van der Waals surface area contributed by atoms with Crippen LogP contribution in [0.1, 0.15) is 23.7 Å². The Morgan fingerprint density at radius 1 is 1.15 bits per heavy atom. The zero-order valence-corrected chi connectivity index (χ0v) is 16.1. The molecule has 1 aliphatic rings. The second-order valence-corrected chi connectivity index (χ2v) is 8.77. The van der Waals surface area contributed by atoms with E-state index in [1.807, 2.05) is 54.6 Å². The van der Waals surface area contributed by atoms with Gasteiger partial charge in [0.2, 0.25) is 5.91 Å². The van der Waals surface area contributed by atoms with E-state index in [9.17, 15) is 14.7 Å². The number of nitrogens with zero attached hydrogens (tertiary/aromatic N) is 2. The van der Waals surface area contributed by atoms with Crippen molar-refractivity contribution in [2.45, 2.75) is 28.5 Å².